The Morgan fingerprint density at radius 1 is 1.62 bits per heavy atom. The van der Waals surface area contributed by atoms with E-state index in [1.54, 1.807) is 6.26 Å². The molecule has 72 valence electrons. The third-order valence-corrected chi connectivity index (χ3v) is 3.13. The largest absolute Gasteiger partial charge is 0.455 e. The molecule has 0 amide bonds. The Balaban J connectivity index is 2.22. The molecule has 1 unspecified atom stereocenters. The normalized spacial score (nSPS) is 23.3. The zero-order chi connectivity index (χ0) is 9.26. The van der Waals surface area contributed by atoms with Gasteiger partial charge in [0, 0.05) is 18.0 Å². The lowest BCUT2D eigenvalue weighted by Crippen LogP contribution is -2.28. The average Bonchev–Trinajstić information content (AvgIpc) is 2.48. The Kier molecular flexibility index (Phi) is 2.60. The van der Waals surface area contributed by atoms with Crippen LogP contribution < -0.4 is 11.1 Å². The fourth-order valence-corrected chi connectivity index (χ4v) is 2.50. The second-order valence-electron chi connectivity index (χ2n) is 3.42. The summed E-state index contributed by atoms with van der Waals surface area (Å²) in [6.07, 6.45) is 4.01. The highest BCUT2D eigenvalue weighted by Crippen LogP contribution is 2.35. The van der Waals surface area contributed by atoms with Crippen LogP contribution in [0.5, 0.6) is 0 Å². The van der Waals surface area contributed by atoms with E-state index in [0.717, 1.165) is 29.0 Å². The quantitative estimate of drug-likeness (QED) is 0.796. The molecule has 1 aromatic rings. The van der Waals surface area contributed by atoms with Gasteiger partial charge in [-0.15, -0.1) is 0 Å². The van der Waals surface area contributed by atoms with Gasteiger partial charge in [-0.05, 0) is 35.3 Å². The highest BCUT2D eigenvalue weighted by atomic mass is 79.9. The molecule has 1 fully saturated rings. The van der Waals surface area contributed by atoms with Crippen LogP contribution in [0.2, 0.25) is 0 Å². The maximum atomic E-state index is 5.82. The van der Waals surface area contributed by atoms with Gasteiger partial charge in [0.05, 0.1) is 5.69 Å². The van der Waals surface area contributed by atoms with Gasteiger partial charge in [-0.3, -0.25) is 0 Å². The van der Waals surface area contributed by atoms with E-state index >= 15 is 0 Å². The number of hydrogen-bond donors (Lipinski definition) is 2. The summed E-state index contributed by atoms with van der Waals surface area (Å²) in [6, 6.07) is 0. The van der Waals surface area contributed by atoms with E-state index in [-0.39, 0.29) is 0 Å². The first kappa shape index (κ1) is 9.09. The Morgan fingerprint density at radius 3 is 3.00 bits per heavy atom. The Bertz CT molecular complexity index is 272. The summed E-state index contributed by atoms with van der Waals surface area (Å²) in [5.41, 5.74) is 7.72. The number of nitrogen functional groups attached to an aromatic ring is 1. The van der Waals surface area contributed by atoms with E-state index in [0.29, 0.717) is 5.92 Å². The molecule has 2 heterocycles. The molecule has 1 saturated heterocycles. The summed E-state index contributed by atoms with van der Waals surface area (Å²) in [5.74, 6) is 0.502. The molecule has 0 bridgehead atoms. The number of rotatable bonds is 1. The van der Waals surface area contributed by atoms with Crippen molar-refractivity contribution in [3.8, 4) is 0 Å². The van der Waals surface area contributed by atoms with E-state index in [4.69, 9.17) is 10.2 Å². The molecule has 1 aliphatic rings. The summed E-state index contributed by atoms with van der Waals surface area (Å²) in [6.45, 7) is 2.12. The molecule has 0 radical (unpaired) electrons. The minimum absolute atomic E-state index is 0.502. The lowest BCUT2D eigenvalue weighted by atomic mass is 9.93. The summed E-state index contributed by atoms with van der Waals surface area (Å²) in [4.78, 5) is 0. The predicted octanol–water partition coefficient (Wildman–Crippen LogP) is 2.09. The Morgan fingerprint density at radius 2 is 2.46 bits per heavy atom. The monoisotopic (exact) mass is 244 g/mol. The molecule has 1 aliphatic heterocycles. The Hall–Kier alpha value is -0.480. The highest BCUT2D eigenvalue weighted by Gasteiger charge is 2.22. The number of nitrogens with one attached hydrogen (secondary N) is 1. The van der Waals surface area contributed by atoms with Gasteiger partial charge in [0.15, 0.2) is 4.67 Å². The first-order chi connectivity index (χ1) is 6.29. The van der Waals surface area contributed by atoms with Crippen molar-refractivity contribution in [1.82, 2.24) is 5.32 Å². The molecule has 3 nitrogen and oxygen atoms in total. The molecule has 0 aliphatic carbocycles. The molecule has 1 atom stereocenters. The molecule has 3 N–H and O–H groups in total. The van der Waals surface area contributed by atoms with E-state index < -0.39 is 0 Å². The van der Waals surface area contributed by atoms with Crippen molar-refractivity contribution in [2.45, 2.75) is 18.8 Å². The first-order valence-electron chi connectivity index (χ1n) is 4.52. The van der Waals surface area contributed by atoms with Crippen LogP contribution >= 0.6 is 15.9 Å². The molecule has 0 saturated carbocycles. The summed E-state index contributed by atoms with van der Waals surface area (Å²) in [7, 11) is 0. The highest BCUT2D eigenvalue weighted by molar-refractivity contribution is 9.10. The molecule has 4 heteroatoms. The second-order valence-corrected chi connectivity index (χ2v) is 4.14. The van der Waals surface area contributed by atoms with Crippen molar-refractivity contribution in [2.75, 3.05) is 18.8 Å². The van der Waals surface area contributed by atoms with Crippen LogP contribution in [-0.4, -0.2) is 13.1 Å². The minimum Gasteiger partial charge on any atom is -0.455 e. The van der Waals surface area contributed by atoms with Crippen LogP contribution in [0.3, 0.4) is 0 Å². The number of hydrogen-bond acceptors (Lipinski definition) is 3. The van der Waals surface area contributed by atoms with Crippen molar-refractivity contribution in [3.63, 3.8) is 0 Å². The standard InChI is InChI=1S/C9H13BrN2O/c10-9-8(7(11)5-13-9)6-2-1-3-12-4-6/h5-6,12H,1-4,11H2. The van der Waals surface area contributed by atoms with Crippen LogP contribution in [0.4, 0.5) is 5.69 Å². The van der Waals surface area contributed by atoms with Crippen LogP contribution in [0, 0.1) is 0 Å². The van der Waals surface area contributed by atoms with E-state index in [1.807, 2.05) is 0 Å². The molecule has 0 spiro atoms. The third kappa shape index (κ3) is 1.74. The van der Waals surface area contributed by atoms with Crippen LogP contribution in [0.1, 0.15) is 24.3 Å². The number of nitrogens with two attached hydrogens (primary N) is 1. The molecular formula is C9H13BrN2O. The van der Waals surface area contributed by atoms with Gasteiger partial charge in [0.1, 0.15) is 6.26 Å². The van der Waals surface area contributed by atoms with Crippen molar-refractivity contribution < 1.29 is 4.42 Å². The van der Waals surface area contributed by atoms with Crippen LogP contribution in [0.25, 0.3) is 0 Å². The number of piperidine rings is 1. The van der Waals surface area contributed by atoms with Crippen LogP contribution in [-0.2, 0) is 0 Å². The maximum absolute atomic E-state index is 5.82. The van der Waals surface area contributed by atoms with E-state index in [1.165, 1.54) is 12.8 Å². The van der Waals surface area contributed by atoms with Gasteiger partial charge >= 0.3 is 0 Å². The Labute approximate surface area is 85.8 Å². The summed E-state index contributed by atoms with van der Waals surface area (Å²) in [5, 5.41) is 3.36. The van der Waals surface area contributed by atoms with Crippen molar-refractivity contribution in [1.29, 1.82) is 0 Å². The first-order valence-corrected chi connectivity index (χ1v) is 5.31. The maximum Gasteiger partial charge on any atom is 0.174 e. The fourth-order valence-electron chi connectivity index (χ4n) is 1.85. The topological polar surface area (TPSA) is 51.2 Å². The number of halogens is 1. The molecule has 1 aromatic heterocycles. The molecule has 2 rings (SSSR count). The summed E-state index contributed by atoms with van der Waals surface area (Å²) < 4.78 is 6.00. The number of anilines is 1. The average molecular weight is 245 g/mol. The lowest BCUT2D eigenvalue weighted by molar-refractivity contribution is 0.452. The van der Waals surface area contributed by atoms with Crippen molar-refractivity contribution in [2.24, 2.45) is 0 Å². The third-order valence-electron chi connectivity index (χ3n) is 2.52. The van der Waals surface area contributed by atoms with Gasteiger partial charge in [-0.2, -0.15) is 0 Å². The minimum atomic E-state index is 0.502. The van der Waals surface area contributed by atoms with Gasteiger partial charge < -0.3 is 15.5 Å². The SMILES string of the molecule is Nc1coc(Br)c1C1CCCNC1. The molecule has 0 aromatic carbocycles. The second kappa shape index (κ2) is 3.72. The predicted molar refractivity (Wildman–Crippen MR) is 55.7 cm³/mol. The van der Waals surface area contributed by atoms with E-state index in [2.05, 4.69) is 21.2 Å². The van der Waals surface area contributed by atoms with Gasteiger partial charge in [-0.25, -0.2) is 0 Å². The molecule has 13 heavy (non-hydrogen) atoms. The molecular weight excluding hydrogens is 232 g/mol. The fraction of sp³-hybridized carbons (Fsp3) is 0.556. The smallest absolute Gasteiger partial charge is 0.174 e. The summed E-state index contributed by atoms with van der Waals surface area (Å²) >= 11 is 3.38. The van der Waals surface area contributed by atoms with Gasteiger partial charge in [-0.1, -0.05) is 0 Å². The van der Waals surface area contributed by atoms with Gasteiger partial charge in [0.2, 0.25) is 0 Å². The van der Waals surface area contributed by atoms with Crippen molar-refractivity contribution in [3.05, 3.63) is 16.5 Å². The van der Waals surface area contributed by atoms with Gasteiger partial charge in [0.25, 0.3) is 0 Å². The van der Waals surface area contributed by atoms with Crippen molar-refractivity contribution >= 4 is 21.6 Å². The van der Waals surface area contributed by atoms with Crippen LogP contribution in [0.15, 0.2) is 15.3 Å². The zero-order valence-corrected chi connectivity index (χ0v) is 8.93. The number of furan rings is 1. The lowest BCUT2D eigenvalue weighted by Gasteiger charge is -2.22. The van der Waals surface area contributed by atoms with E-state index in [9.17, 15) is 0 Å². The zero-order valence-electron chi connectivity index (χ0n) is 7.35.